The number of hydrogen-bond donors (Lipinski definition) is 0. The molecular formula is C19H22Cl2O2. The minimum absolute atomic E-state index is 0.329. The zero-order chi connectivity index (χ0) is 17.0. The summed E-state index contributed by atoms with van der Waals surface area (Å²) in [5.41, 5.74) is 3.64. The molecule has 2 aromatic carbocycles. The van der Waals surface area contributed by atoms with Gasteiger partial charge in [-0.2, -0.15) is 0 Å². The van der Waals surface area contributed by atoms with Crippen molar-refractivity contribution in [3.63, 3.8) is 0 Å². The molecule has 0 amide bonds. The number of hydrogen-bond acceptors (Lipinski definition) is 2. The molecule has 0 bridgehead atoms. The van der Waals surface area contributed by atoms with E-state index in [2.05, 4.69) is 12.1 Å². The van der Waals surface area contributed by atoms with E-state index in [1.54, 1.807) is 14.2 Å². The highest BCUT2D eigenvalue weighted by Crippen LogP contribution is 2.44. The Kier molecular flexibility index (Phi) is 5.83. The summed E-state index contributed by atoms with van der Waals surface area (Å²) in [7, 11) is 3.32. The van der Waals surface area contributed by atoms with Gasteiger partial charge in [0.05, 0.1) is 19.6 Å². The average molecular weight is 353 g/mol. The van der Waals surface area contributed by atoms with Gasteiger partial charge < -0.3 is 9.47 Å². The molecule has 2 aromatic rings. The Morgan fingerprint density at radius 3 is 1.48 bits per heavy atom. The van der Waals surface area contributed by atoms with Crippen molar-refractivity contribution >= 4 is 23.2 Å². The lowest BCUT2D eigenvalue weighted by atomic mass is 9.75. The number of aryl methyl sites for hydroxylation is 2. The molecule has 0 unspecified atom stereocenters. The second-order valence-corrected chi connectivity index (χ2v) is 6.29. The molecule has 2 rings (SSSR count). The molecule has 0 atom stereocenters. The fourth-order valence-electron chi connectivity index (χ4n) is 2.86. The quantitative estimate of drug-likeness (QED) is 0.674. The number of ether oxygens (including phenoxy) is 2. The molecule has 124 valence electrons. The molecule has 0 N–H and O–H groups in total. The SMILES string of the molecule is COc1ccc(C)cc1C(CCl)(CCl)c1cc(C)ccc1OC. The van der Waals surface area contributed by atoms with Crippen LogP contribution in [0.1, 0.15) is 22.3 Å². The zero-order valence-corrected chi connectivity index (χ0v) is 15.5. The van der Waals surface area contributed by atoms with Gasteiger partial charge in [-0.15, -0.1) is 23.2 Å². The molecule has 0 aliphatic rings. The molecule has 0 radical (unpaired) electrons. The highest BCUT2D eigenvalue weighted by molar-refractivity contribution is 6.22. The lowest BCUT2D eigenvalue weighted by Crippen LogP contribution is -2.33. The second-order valence-electron chi connectivity index (χ2n) is 5.76. The number of alkyl halides is 2. The molecule has 0 fully saturated rings. The zero-order valence-electron chi connectivity index (χ0n) is 14.0. The summed E-state index contributed by atoms with van der Waals surface area (Å²) in [6.45, 7) is 4.09. The van der Waals surface area contributed by atoms with Crippen LogP contribution in [0.25, 0.3) is 0 Å². The van der Waals surface area contributed by atoms with E-state index in [0.717, 1.165) is 33.8 Å². The summed E-state index contributed by atoms with van der Waals surface area (Å²) in [5, 5.41) is 0. The van der Waals surface area contributed by atoms with Gasteiger partial charge in [-0.25, -0.2) is 0 Å². The molecule has 0 aliphatic carbocycles. The Balaban J connectivity index is 2.80. The lowest BCUT2D eigenvalue weighted by Gasteiger charge is -2.34. The van der Waals surface area contributed by atoms with Crippen molar-refractivity contribution < 1.29 is 9.47 Å². The van der Waals surface area contributed by atoms with Crippen molar-refractivity contribution in [2.45, 2.75) is 19.3 Å². The van der Waals surface area contributed by atoms with Crippen LogP contribution in [0.4, 0.5) is 0 Å². The molecule has 0 spiro atoms. The molecule has 4 heteroatoms. The van der Waals surface area contributed by atoms with Crippen LogP contribution in [-0.2, 0) is 5.41 Å². The summed E-state index contributed by atoms with van der Waals surface area (Å²) in [6.07, 6.45) is 0. The first-order chi connectivity index (χ1) is 11.0. The van der Waals surface area contributed by atoms with Crippen molar-refractivity contribution in [2.75, 3.05) is 26.0 Å². The monoisotopic (exact) mass is 352 g/mol. The Labute approximate surface area is 148 Å². The Bertz CT molecular complexity index is 624. The first kappa shape index (κ1) is 18.0. The largest absolute Gasteiger partial charge is 0.496 e. The maximum absolute atomic E-state index is 6.46. The van der Waals surface area contributed by atoms with E-state index in [4.69, 9.17) is 32.7 Å². The Hall–Kier alpha value is -1.38. The topological polar surface area (TPSA) is 18.5 Å². The van der Waals surface area contributed by atoms with Crippen LogP contribution < -0.4 is 9.47 Å². The van der Waals surface area contributed by atoms with Crippen molar-refractivity contribution in [2.24, 2.45) is 0 Å². The summed E-state index contributed by atoms with van der Waals surface area (Å²) in [6, 6.07) is 12.1. The molecule has 0 aromatic heterocycles. The fraction of sp³-hybridized carbons (Fsp3) is 0.368. The Morgan fingerprint density at radius 1 is 0.783 bits per heavy atom. The number of rotatable bonds is 6. The molecule has 2 nitrogen and oxygen atoms in total. The van der Waals surface area contributed by atoms with Gasteiger partial charge in [0.2, 0.25) is 0 Å². The van der Waals surface area contributed by atoms with Gasteiger partial charge in [0.15, 0.2) is 0 Å². The fourth-order valence-corrected chi connectivity index (χ4v) is 3.72. The van der Waals surface area contributed by atoms with Crippen LogP contribution in [0, 0.1) is 13.8 Å². The number of halogens is 2. The maximum atomic E-state index is 6.46. The molecule has 23 heavy (non-hydrogen) atoms. The maximum Gasteiger partial charge on any atom is 0.123 e. The van der Waals surface area contributed by atoms with Crippen molar-refractivity contribution in [3.8, 4) is 11.5 Å². The van der Waals surface area contributed by atoms with Gasteiger partial charge in [-0.05, 0) is 26.0 Å². The van der Waals surface area contributed by atoms with Gasteiger partial charge in [0, 0.05) is 22.9 Å². The third-order valence-corrected chi connectivity index (χ3v) is 5.11. The van der Waals surface area contributed by atoms with Gasteiger partial charge in [-0.1, -0.05) is 35.4 Å². The molecule has 0 heterocycles. The third kappa shape index (κ3) is 3.29. The van der Waals surface area contributed by atoms with Gasteiger partial charge in [-0.3, -0.25) is 0 Å². The minimum atomic E-state index is -0.585. The van der Waals surface area contributed by atoms with Crippen molar-refractivity contribution in [1.29, 1.82) is 0 Å². The predicted octanol–water partition coefficient (Wildman–Crippen LogP) is 5.08. The van der Waals surface area contributed by atoms with Gasteiger partial charge in [0.1, 0.15) is 11.5 Å². The molecule has 0 saturated heterocycles. The van der Waals surface area contributed by atoms with E-state index in [-0.39, 0.29) is 0 Å². The van der Waals surface area contributed by atoms with E-state index in [0.29, 0.717) is 11.8 Å². The number of benzene rings is 2. The molecular weight excluding hydrogens is 331 g/mol. The van der Waals surface area contributed by atoms with E-state index in [1.165, 1.54) is 0 Å². The van der Waals surface area contributed by atoms with Crippen LogP contribution in [0.5, 0.6) is 11.5 Å². The van der Waals surface area contributed by atoms with Crippen LogP contribution in [0.3, 0.4) is 0 Å². The predicted molar refractivity (Wildman–Crippen MR) is 97.7 cm³/mol. The van der Waals surface area contributed by atoms with Crippen LogP contribution in [0.2, 0.25) is 0 Å². The smallest absolute Gasteiger partial charge is 0.123 e. The van der Waals surface area contributed by atoms with Crippen LogP contribution >= 0.6 is 23.2 Å². The van der Waals surface area contributed by atoms with Crippen molar-refractivity contribution in [3.05, 3.63) is 58.7 Å². The molecule has 0 saturated carbocycles. The first-order valence-electron chi connectivity index (χ1n) is 7.44. The van der Waals surface area contributed by atoms with E-state index in [1.807, 2.05) is 38.1 Å². The molecule has 0 aliphatic heterocycles. The summed E-state index contributed by atoms with van der Waals surface area (Å²) in [5.74, 6) is 2.22. The van der Waals surface area contributed by atoms with Crippen LogP contribution in [-0.4, -0.2) is 26.0 Å². The second kappa shape index (κ2) is 7.46. The third-order valence-electron chi connectivity index (χ3n) is 4.20. The summed E-state index contributed by atoms with van der Waals surface area (Å²) < 4.78 is 11.2. The first-order valence-corrected chi connectivity index (χ1v) is 8.51. The standard InChI is InChI=1S/C19H22Cl2O2/c1-13-5-7-17(22-3)15(9-13)19(11-20,12-21)16-10-14(2)6-8-18(16)23-4/h5-10H,11-12H2,1-4H3. The van der Waals surface area contributed by atoms with E-state index >= 15 is 0 Å². The highest BCUT2D eigenvalue weighted by Gasteiger charge is 2.38. The Morgan fingerprint density at radius 2 is 1.17 bits per heavy atom. The van der Waals surface area contributed by atoms with Crippen molar-refractivity contribution in [1.82, 2.24) is 0 Å². The number of methoxy groups -OCH3 is 2. The summed E-state index contributed by atoms with van der Waals surface area (Å²) >= 11 is 12.9. The summed E-state index contributed by atoms with van der Waals surface area (Å²) in [4.78, 5) is 0. The average Bonchev–Trinajstić information content (AvgIpc) is 2.57. The van der Waals surface area contributed by atoms with E-state index in [9.17, 15) is 0 Å². The highest BCUT2D eigenvalue weighted by atomic mass is 35.5. The van der Waals surface area contributed by atoms with E-state index < -0.39 is 5.41 Å². The van der Waals surface area contributed by atoms with Gasteiger partial charge >= 0.3 is 0 Å². The van der Waals surface area contributed by atoms with Crippen LogP contribution in [0.15, 0.2) is 36.4 Å². The van der Waals surface area contributed by atoms with Gasteiger partial charge in [0.25, 0.3) is 0 Å². The normalized spacial score (nSPS) is 11.4. The minimum Gasteiger partial charge on any atom is -0.496 e. The lowest BCUT2D eigenvalue weighted by molar-refractivity contribution is 0.389.